The molecule has 0 radical (unpaired) electrons. The molecule has 1 heterocycles. The van der Waals surface area contributed by atoms with Gasteiger partial charge in [-0.1, -0.05) is 51.9 Å². The topological polar surface area (TPSA) is 50.9 Å². The Kier molecular flexibility index (Phi) is 9.05. The molecule has 0 aliphatic carbocycles. The third-order valence-electron chi connectivity index (χ3n) is 3.40. The minimum Gasteiger partial charge on any atom is -0.271 e. The number of hydrogen-bond donors (Lipinski definition) is 2. The van der Waals surface area contributed by atoms with E-state index in [0.717, 1.165) is 16.6 Å². The van der Waals surface area contributed by atoms with Gasteiger partial charge in [-0.15, -0.1) is 0 Å². The molecule has 1 aromatic rings. The maximum absolute atomic E-state index is 5.62. The third-order valence-corrected chi connectivity index (χ3v) is 3.87. The maximum atomic E-state index is 5.62. The van der Waals surface area contributed by atoms with E-state index in [1.165, 1.54) is 44.9 Å². The van der Waals surface area contributed by atoms with Gasteiger partial charge in [-0.05, 0) is 34.5 Å². The summed E-state index contributed by atoms with van der Waals surface area (Å²) < 4.78 is 1.00. The molecule has 0 aliphatic heterocycles. The van der Waals surface area contributed by atoms with Crippen LogP contribution in [0.15, 0.2) is 22.8 Å². The molecule has 1 unspecified atom stereocenters. The first-order chi connectivity index (χ1) is 9.27. The first-order valence-electron chi connectivity index (χ1n) is 7.35. The van der Waals surface area contributed by atoms with Crippen molar-refractivity contribution in [1.29, 1.82) is 0 Å². The van der Waals surface area contributed by atoms with Crippen LogP contribution >= 0.6 is 15.9 Å². The second-order valence-corrected chi connectivity index (χ2v) is 5.95. The molecule has 1 atom stereocenters. The van der Waals surface area contributed by atoms with Gasteiger partial charge in [-0.2, -0.15) is 0 Å². The minimum absolute atomic E-state index is 0.170. The molecule has 108 valence electrons. The fraction of sp³-hybridized carbons (Fsp3) is 0.667. The Balaban J connectivity index is 2.20. The summed E-state index contributed by atoms with van der Waals surface area (Å²) in [5.74, 6) is 5.62. The molecule has 0 aliphatic rings. The summed E-state index contributed by atoms with van der Waals surface area (Å²) in [5, 5.41) is 0. The maximum Gasteiger partial charge on any atom is 0.0632 e. The van der Waals surface area contributed by atoms with Gasteiger partial charge in [0.15, 0.2) is 0 Å². The SMILES string of the molecule is CCCCCCCCCC(NN)c1ccc(Br)cn1. The molecule has 3 nitrogen and oxygen atoms in total. The van der Waals surface area contributed by atoms with Crippen molar-refractivity contribution in [3.05, 3.63) is 28.5 Å². The first-order valence-corrected chi connectivity index (χ1v) is 8.14. The van der Waals surface area contributed by atoms with E-state index in [1.54, 1.807) is 0 Å². The van der Waals surface area contributed by atoms with Gasteiger partial charge in [-0.3, -0.25) is 16.3 Å². The van der Waals surface area contributed by atoms with E-state index in [9.17, 15) is 0 Å². The van der Waals surface area contributed by atoms with Crippen LogP contribution in [0, 0.1) is 0 Å². The molecular weight excluding hydrogens is 302 g/mol. The van der Waals surface area contributed by atoms with Crippen molar-refractivity contribution in [2.45, 2.75) is 64.3 Å². The highest BCUT2D eigenvalue weighted by Crippen LogP contribution is 2.19. The molecule has 0 saturated carbocycles. The number of rotatable bonds is 10. The van der Waals surface area contributed by atoms with Crippen molar-refractivity contribution in [2.75, 3.05) is 0 Å². The van der Waals surface area contributed by atoms with Gasteiger partial charge in [0.1, 0.15) is 0 Å². The van der Waals surface area contributed by atoms with Gasteiger partial charge in [0.05, 0.1) is 11.7 Å². The summed E-state index contributed by atoms with van der Waals surface area (Å²) in [6.45, 7) is 2.25. The highest BCUT2D eigenvalue weighted by molar-refractivity contribution is 9.10. The molecule has 0 spiro atoms. The molecule has 1 aromatic heterocycles. The van der Waals surface area contributed by atoms with Crippen molar-refractivity contribution in [3.63, 3.8) is 0 Å². The lowest BCUT2D eigenvalue weighted by atomic mass is 10.0. The van der Waals surface area contributed by atoms with E-state index in [1.807, 2.05) is 18.3 Å². The number of pyridine rings is 1. The number of nitrogens with one attached hydrogen (secondary N) is 1. The molecule has 0 amide bonds. The molecular formula is C15H26BrN3. The highest BCUT2D eigenvalue weighted by atomic mass is 79.9. The molecule has 1 rings (SSSR count). The van der Waals surface area contributed by atoms with Crippen molar-refractivity contribution < 1.29 is 0 Å². The number of nitrogens with two attached hydrogens (primary N) is 1. The number of unbranched alkanes of at least 4 members (excludes halogenated alkanes) is 6. The molecule has 0 bridgehead atoms. The second-order valence-electron chi connectivity index (χ2n) is 5.03. The predicted octanol–water partition coefficient (Wildman–Crippen LogP) is 4.49. The van der Waals surface area contributed by atoms with E-state index in [4.69, 9.17) is 5.84 Å². The summed E-state index contributed by atoms with van der Waals surface area (Å²) >= 11 is 3.40. The molecule has 4 heteroatoms. The molecule has 0 saturated heterocycles. The van der Waals surface area contributed by atoms with E-state index >= 15 is 0 Å². The summed E-state index contributed by atoms with van der Waals surface area (Å²) in [6, 6.07) is 4.21. The van der Waals surface area contributed by atoms with Crippen LogP contribution in [0.1, 0.15) is 70.0 Å². The van der Waals surface area contributed by atoms with Crippen LogP contribution in [0.5, 0.6) is 0 Å². The van der Waals surface area contributed by atoms with Gasteiger partial charge in [0, 0.05) is 10.7 Å². The van der Waals surface area contributed by atoms with E-state index in [-0.39, 0.29) is 6.04 Å². The van der Waals surface area contributed by atoms with E-state index in [0.29, 0.717) is 0 Å². The Morgan fingerprint density at radius 1 is 1.16 bits per heavy atom. The lowest BCUT2D eigenvalue weighted by Gasteiger charge is -2.15. The van der Waals surface area contributed by atoms with Gasteiger partial charge in [-0.25, -0.2) is 0 Å². The predicted molar refractivity (Wildman–Crippen MR) is 84.6 cm³/mol. The average Bonchev–Trinajstić information content (AvgIpc) is 2.43. The summed E-state index contributed by atoms with van der Waals surface area (Å²) in [5.41, 5.74) is 3.90. The summed E-state index contributed by atoms with van der Waals surface area (Å²) in [4.78, 5) is 4.40. The average molecular weight is 328 g/mol. The minimum atomic E-state index is 0.170. The van der Waals surface area contributed by atoms with Crippen LogP contribution in [0.3, 0.4) is 0 Å². The quantitative estimate of drug-likeness (QED) is 0.378. The highest BCUT2D eigenvalue weighted by Gasteiger charge is 2.10. The molecule has 0 aromatic carbocycles. The first kappa shape index (κ1) is 16.6. The van der Waals surface area contributed by atoms with Crippen LogP contribution in [-0.4, -0.2) is 4.98 Å². The number of halogens is 1. The van der Waals surface area contributed by atoms with Crippen molar-refractivity contribution in [3.8, 4) is 0 Å². The van der Waals surface area contributed by atoms with Crippen LogP contribution in [-0.2, 0) is 0 Å². The number of hydrazine groups is 1. The standard InChI is InChI=1S/C15H26BrN3/c1-2-3-4-5-6-7-8-9-15(19-17)14-11-10-13(16)12-18-14/h10-12,15,19H,2-9,17H2,1H3. The fourth-order valence-corrected chi connectivity index (χ4v) is 2.45. The van der Waals surface area contributed by atoms with Gasteiger partial charge in [0.2, 0.25) is 0 Å². The third kappa shape index (κ3) is 7.04. The Hall–Kier alpha value is -0.450. The smallest absolute Gasteiger partial charge is 0.0632 e. The van der Waals surface area contributed by atoms with Crippen molar-refractivity contribution in [1.82, 2.24) is 10.4 Å². The monoisotopic (exact) mass is 327 g/mol. The van der Waals surface area contributed by atoms with Gasteiger partial charge in [0.25, 0.3) is 0 Å². The van der Waals surface area contributed by atoms with Crippen molar-refractivity contribution in [2.24, 2.45) is 5.84 Å². The number of nitrogens with zero attached hydrogens (tertiary/aromatic N) is 1. The Labute approximate surface area is 125 Å². The Bertz CT molecular complexity index is 327. The normalized spacial score (nSPS) is 12.6. The summed E-state index contributed by atoms with van der Waals surface area (Å²) in [7, 11) is 0. The van der Waals surface area contributed by atoms with Crippen LogP contribution in [0.4, 0.5) is 0 Å². The molecule has 19 heavy (non-hydrogen) atoms. The van der Waals surface area contributed by atoms with Crippen LogP contribution < -0.4 is 11.3 Å². The molecule has 0 fully saturated rings. The van der Waals surface area contributed by atoms with Crippen LogP contribution in [0.25, 0.3) is 0 Å². The number of hydrogen-bond acceptors (Lipinski definition) is 3. The Morgan fingerprint density at radius 2 is 1.84 bits per heavy atom. The van der Waals surface area contributed by atoms with Gasteiger partial charge >= 0.3 is 0 Å². The lowest BCUT2D eigenvalue weighted by Crippen LogP contribution is -2.28. The van der Waals surface area contributed by atoms with E-state index in [2.05, 4.69) is 33.3 Å². The lowest BCUT2D eigenvalue weighted by molar-refractivity contribution is 0.467. The fourth-order valence-electron chi connectivity index (χ4n) is 2.22. The van der Waals surface area contributed by atoms with Crippen molar-refractivity contribution >= 4 is 15.9 Å². The zero-order valence-electron chi connectivity index (χ0n) is 11.9. The largest absolute Gasteiger partial charge is 0.271 e. The number of aromatic nitrogens is 1. The van der Waals surface area contributed by atoms with Crippen LogP contribution in [0.2, 0.25) is 0 Å². The molecule has 3 N–H and O–H groups in total. The summed E-state index contributed by atoms with van der Waals surface area (Å²) in [6.07, 6.45) is 12.1. The second kappa shape index (κ2) is 10.4. The Morgan fingerprint density at radius 3 is 2.42 bits per heavy atom. The zero-order valence-corrected chi connectivity index (χ0v) is 13.5. The van der Waals surface area contributed by atoms with Gasteiger partial charge < -0.3 is 0 Å². The van der Waals surface area contributed by atoms with E-state index < -0.39 is 0 Å². The zero-order chi connectivity index (χ0) is 13.9.